The fourth-order valence-electron chi connectivity index (χ4n) is 2.46. The van der Waals surface area contributed by atoms with E-state index in [0.29, 0.717) is 16.9 Å². The van der Waals surface area contributed by atoms with Crippen LogP contribution in [-0.2, 0) is 19.1 Å². The fraction of sp³-hybridized carbons (Fsp3) is 0.444. The quantitative estimate of drug-likeness (QED) is 0.490. The largest absolute Gasteiger partial charge is 0.466 e. The van der Waals surface area contributed by atoms with Gasteiger partial charge in [0.25, 0.3) is 0 Å². The van der Waals surface area contributed by atoms with Gasteiger partial charge in [0.05, 0.1) is 7.11 Å². The lowest BCUT2D eigenvalue weighted by molar-refractivity contribution is -0.137. The van der Waals surface area contributed by atoms with Crippen molar-refractivity contribution in [3.8, 4) is 0 Å². The van der Waals surface area contributed by atoms with Gasteiger partial charge in [0.2, 0.25) is 0 Å². The van der Waals surface area contributed by atoms with Crippen molar-refractivity contribution in [1.29, 1.82) is 0 Å². The maximum absolute atomic E-state index is 11.2. The van der Waals surface area contributed by atoms with Gasteiger partial charge in [0.1, 0.15) is 11.4 Å². The van der Waals surface area contributed by atoms with E-state index in [1.165, 1.54) is 20.1 Å². The van der Waals surface area contributed by atoms with E-state index in [9.17, 15) is 14.7 Å². The molecule has 0 saturated carbocycles. The summed E-state index contributed by atoms with van der Waals surface area (Å²) in [6.45, 7) is 8.53. The zero-order chi connectivity index (χ0) is 17.8. The molecule has 0 aromatic heterocycles. The highest BCUT2D eigenvalue weighted by Crippen LogP contribution is 2.44. The van der Waals surface area contributed by atoms with E-state index in [1.54, 1.807) is 38.2 Å². The van der Waals surface area contributed by atoms with Crippen molar-refractivity contribution in [1.82, 2.24) is 0 Å². The van der Waals surface area contributed by atoms with Crippen molar-refractivity contribution in [3.05, 3.63) is 47.3 Å². The van der Waals surface area contributed by atoms with E-state index in [2.05, 4.69) is 4.74 Å². The smallest absolute Gasteiger partial charge is 0.330 e. The fourth-order valence-corrected chi connectivity index (χ4v) is 2.46. The first-order valence-electron chi connectivity index (χ1n) is 7.30. The first-order valence-corrected chi connectivity index (χ1v) is 7.30. The normalized spacial score (nSPS) is 24.0. The molecule has 5 heteroatoms. The minimum absolute atomic E-state index is 0.408. The highest BCUT2D eigenvalue weighted by Gasteiger charge is 2.44. The number of rotatable bonds is 4. The van der Waals surface area contributed by atoms with Crippen LogP contribution in [-0.4, -0.2) is 29.8 Å². The van der Waals surface area contributed by atoms with Gasteiger partial charge in [-0.3, -0.25) is 4.79 Å². The van der Waals surface area contributed by atoms with Crippen LogP contribution in [0.25, 0.3) is 0 Å². The summed E-state index contributed by atoms with van der Waals surface area (Å²) in [6, 6.07) is 0. The average Bonchev–Trinajstić information content (AvgIpc) is 2.41. The molecule has 1 rings (SSSR count). The zero-order valence-corrected chi connectivity index (χ0v) is 14.5. The summed E-state index contributed by atoms with van der Waals surface area (Å²) in [4.78, 5) is 22.3. The molecule has 0 saturated heterocycles. The molecule has 0 bridgehead atoms. The Hall–Kier alpha value is -2.14. The molecule has 0 aromatic rings. The van der Waals surface area contributed by atoms with Crippen LogP contribution >= 0.6 is 0 Å². The van der Waals surface area contributed by atoms with Crippen LogP contribution in [0.15, 0.2) is 47.3 Å². The SMILES string of the molecule is COC(=O)/C=C(C)\C=C\[C@@]1(O)C(C)=CC(OC(C)=O)=CC1(C)C. The number of esters is 2. The first-order chi connectivity index (χ1) is 10.5. The molecule has 23 heavy (non-hydrogen) atoms. The molecular weight excluding hydrogens is 296 g/mol. The van der Waals surface area contributed by atoms with Gasteiger partial charge >= 0.3 is 11.9 Å². The number of methoxy groups -OCH3 is 1. The molecule has 5 nitrogen and oxygen atoms in total. The molecule has 1 aliphatic rings. The summed E-state index contributed by atoms with van der Waals surface area (Å²) in [5.41, 5.74) is -0.660. The van der Waals surface area contributed by atoms with E-state index in [-0.39, 0.29) is 0 Å². The van der Waals surface area contributed by atoms with Crippen molar-refractivity contribution in [3.63, 3.8) is 0 Å². The van der Waals surface area contributed by atoms with Gasteiger partial charge in [-0.05, 0) is 43.2 Å². The van der Waals surface area contributed by atoms with Crippen LogP contribution in [0.3, 0.4) is 0 Å². The minimum Gasteiger partial charge on any atom is -0.466 e. The molecule has 0 radical (unpaired) electrons. The number of hydrogen-bond acceptors (Lipinski definition) is 5. The number of allylic oxidation sites excluding steroid dienone is 3. The Labute approximate surface area is 137 Å². The van der Waals surface area contributed by atoms with Gasteiger partial charge in [0, 0.05) is 18.4 Å². The lowest BCUT2D eigenvalue weighted by atomic mass is 9.67. The maximum Gasteiger partial charge on any atom is 0.330 e. The van der Waals surface area contributed by atoms with Crippen LogP contribution in [0.1, 0.15) is 34.6 Å². The number of hydrogen-bond donors (Lipinski definition) is 1. The topological polar surface area (TPSA) is 72.8 Å². The van der Waals surface area contributed by atoms with Gasteiger partial charge in [-0.15, -0.1) is 0 Å². The van der Waals surface area contributed by atoms with Crippen LogP contribution in [0.2, 0.25) is 0 Å². The van der Waals surface area contributed by atoms with Crippen LogP contribution in [0, 0.1) is 5.41 Å². The lowest BCUT2D eigenvalue weighted by Crippen LogP contribution is -2.45. The molecule has 0 spiro atoms. The standard InChI is InChI=1S/C18H24O5/c1-12(9-16(20)22-6)7-8-18(21)13(2)10-15(23-14(3)19)11-17(18,4)5/h7-11,21H,1-6H3/b8-7+,12-9-/t18-/m1/s1. The predicted octanol–water partition coefficient (Wildman–Crippen LogP) is 2.83. The zero-order valence-electron chi connectivity index (χ0n) is 14.5. The second-order valence-electron chi connectivity index (χ2n) is 6.20. The Morgan fingerprint density at radius 2 is 1.87 bits per heavy atom. The Balaban J connectivity index is 3.13. The van der Waals surface area contributed by atoms with Gasteiger partial charge in [0.15, 0.2) is 0 Å². The third kappa shape index (κ3) is 4.42. The summed E-state index contributed by atoms with van der Waals surface area (Å²) < 4.78 is 9.69. The summed E-state index contributed by atoms with van der Waals surface area (Å²) in [7, 11) is 1.31. The van der Waals surface area contributed by atoms with E-state index < -0.39 is 23.0 Å². The second kappa shape index (κ2) is 6.96. The number of carbonyl (C=O) groups is 2. The molecule has 0 aromatic carbocycles. The molecule has 1 aliphatic carbocycles. The Morgan fingerprint density at radius 3 is 2.35 bits per heavy atom. The highest BCUT2D eigenvalue weighted by atomic mass is 16.5. The Kier molecular flexibility index (Phi) is 5.72. The summed E-state index contributed by atoms with van der Waals surface area (Å²) in [6.07, 6.45) is 7.99. The molecule has 1 atom stereocenters. The van der Waals surface area contributed by atoms with Crippen molar-refractivity contribution in [2.45, 2.75) is 40.2 Å². The van der Waals surface area contributed by atoms with E-state index >= 15 is 0 Å². The third-order valence-corrected chi connectivity index (χ3v) is 3.84. The Morgan fingerprint density at radius 1 is 1.26 bits per heavy atom. The lowest BCUT2D eigenvalue weighted by Gasteiger charge is -2.42. The van der Waals surface area contributed by atoms with Crippen LogP contribution in [0.5, 0.6) is 0 Å². The molecular formula is C18H24O5. The summed E-state index contributed by atoms with van der Waals surface area (Å²) in [5, 5.41) is 11.1. The van der Waals surface area contributed by atoms with E-state index in [1.807, 2.05) is 13.8 Å². The van der Waals surface area contributed by atoms with Crippen molar-refractivity contribution in [2.24, 2.45) is 5.41 Å². The summed E-state index contributed by atoms with van der Waals surface area (Å²) in [5.74, 6) is -0.444. The predicted molar refractivity (Wildman–Crippen MR) is 87.2 cm³/mol. The Bertz CT molecular complexity index is 619. The van der Waals surface area contributed by atoms with Crippen molar-refractivity contribution >= 4 is 11.9 Å². The minimum atomic E-state index is -1.26. The van der Waals surface area contributed by atoms with Crippen LogP contribution < -0.4 is 0 Å². The van der Waals surface area contributed by atoms with Gasteiger partial charge < -0.3 is 14.6 Å². The number of carbonyl (C=O) groups excluding carboxylic acids is 2. The van der Waals surface area contributed by atoms with E-state index in [4.69, 9.17) is 4.74 Å². The number of ether oxygens (including phenoxy) is 2. The first kappa shape index (κ1) is 18.9. The second-order valence-corrected chi connectivity index (χ2v) is 6.20. The molecule has 126 valence electrons. The summed E-state index contributed by atoms with van der Waals surface area (Å²) >= 11 is 0. The van der Waals surface area contributed by atoms with Crippen molar-refractivity contribution in [2.75, 3.05) is 7.11 Å². The average molecular weight is 320 g/mol. The van der Waals surface area contributed by atoms with E-state index in [0.717, 1.165) is 0 Å². The van der Waals surface area contributed by atoms with Crippen molar-refractivity contribution < 1.29 is 24.2 Å². The molecule has 0 amide bonds. The molecule has 0 heterocycles. The maximum atomic E-state index is 11.2. The van der Waals surface area contributed by atoms with Gasteiger partial charge in [-0.25, -0.2) is 4.79 Å². The van der Waals surface area contributed by atoms with Gasteiger partial charge in [-0.2, -0.15) is 0 Å². The third-order valence-electron chi connectivity index (χ3n) is 3.84. The highest BCUT2D eigenvalue weighted by molar-refractivity contribution is 5.83. The molecule has 1 N–H and O–H groups in total. The monoisotopic (exact) mass is 320 g/mol. The molecule has 0 aliphatic heterocycles. The van der Waals surface area contributed by atoms with Gasteiger partial charge in [-0.1, -0.05) is 19.9 Å². The molecule has 0 fully saturated rings. The number of aliphatic hydroxyl groups is 1. The molecule has 0 unspecified atom stereocenters. The van der Waals surface area contributed by atoms with Crippen LogP contribution in [0.4, 0.5) is 0 Å².